The van der Waals surface area contributed by atoms with Crippen molar-refractivity contribution in [3.8, 4) is 0 Å². The van der Waals surface area contributed by atoms with Gasteiger partial charge in [0.2, 0.25) is 0 Å². The molecule has 114 valence electrons. The monoisotopic (exact) mass is 300 g/mol. The van der Waals surface area contributed by atoms with Gasteiger partial charge in [-0.05, 0) is 0 Å². The van der Waals surface area contributed by atoms with Crippen molar-refractivity contribution in [3.63, 3.8) is 0 Å². The van der Waals surface area contributed by atoms with Gasteiger partial charge in [-0.15, -0.1) is 0 Å². The number of aromatic nitrogens is 4. The van der Waals surface area contributed by atoms with E-state index in [-0.39, 0.29) is 11.2 Å². The number of aromatic amines is 1. The van der Waals surface area contributed by atoms with E-state index in [1.807, 2.05) is 0 Å². The molecule has 2 aromatic rings. The van der Waals surface area contributed by atoms with Crippen LogP contribution in [0, 0.1) is 0 Å². The Kier molecular flexibility index (Phi) is 2.88. The molecule has 3 heterocycles. The molecule has 1 saturated heterocycles. The second-order valence-corrected chi connectivity index (χ2v) is 4.64. The van der Waals surface area contributed by atoms with E-state index < -0.39 is 36.1 Å². The fourth-order valence-corrected chi connectivity index (χ4v) is 2.25. The minimum absolute atomic E-state index is 0.174. The number of ether oxygens (including phenoxy) is 1. The van der Waals surface area contributed by atoms with Crippen LogP contribution in [0.4, 0.5) is 0 Å². The fraction of sp³-hybridized carbons (Fsp3) is 0.500. The number of nitrogens with zero attached hydrogens (tertiary/aromatic N) is 3. The smallest absolute Gasteiger partial charge is 0.315 e. The van der Waals surface area contributed by atoms with Gasteiger partial charge in [-0.25, -0.2) is 9.97 Å². The Labute approximate surface area is 115 Å². The Morgan fingerprint density at radius 2 is 2.10 bits per heavy atom. The first-order chi connectivity index (χ1) is 9.83. The third-order valence-corrected chi connectivity index (χ3v) is 3.41. The molecule has 0 saturated carbocycles. The molecule has 11 nitrogen and oxygen atoms in total. The lowest BCUT2D eigenvalue weighted by Crippen LogP contribution is -2.57. The number of hydrogen-bond acceptors (Lipinski definition) is 9. The Balaban J connectivity index is 2.22. The highest BCUT2D eigenvalue weighted by Crippen LogP contribution is 2.40. The summed E-state index contributed by atoms with van der Waals surface area (Å²) < 4.78 is 5.64. The van der Waals surface area contributed by atoms with Crippen LogP contribution < -0.4 is 5.56 Å². The van der Waals surface area contributed by atoms with Crippen LogP contribution in [-0.4, -0.2) is 69.7 Å². The zero-order valence-electron chi connectivity index (χ0n) is 10.4. The lowest BCUT2D eigenvalue weighted by Gasteiger charge is -2.33. The van der Waals surface area contributed by atoms with Crippen LogP contribution in [-0.2, 0) is 10.6 Å². The van der Waals surface area contributed by atoms with Crippen molar-refractivity contribution < 1.29 is 30.3 Å². The number of aliphatic hydroxyl groups excluding tert-OH is 2. The highest BCUT2D eigenvalue weighted by Gasteiger charge is 2.66. The molecule has 1 fully saturated rings. The summed E-state index contributed by atoms with van der Waals surface area (Å²) in [5, 5.41) is 49.1. The third-order valence-electron chi connectivity index (χ3n) is 3.41. The number of nitrogens with one attached hydrogen (secondary N) is 1. The topological polar surface area (TPSA) is 174 Å². The molecule has 0 radical (unpaired) electrons. The first-order valence-electron chi connectivity index (χ1n) is 5.88. The van der Waals surface area contributed by atoms with Crippen LogP contribution in [0.15, 0.2) is 17.4 Å². The van der Waals surface area contributed by atoms with Crippen molar-refractivity contribution in [2.45, 2.75) is 23.9 Å². The molecule has 3 rings (SSSR count). The van der Waals surface area contributed by atoms with Gasteiger partial charge >= 0.3 is 5.91 Å². The third kappa shape index (κ3) is 1.67. The Morgan fingerprint density at radius 1 is 1.38 bits per heavy atom. The summed E-state index contributed by atoms with van der Waals surface area (Å²) in [5.74, 6) is -6.03. The van der Waals surface area contributed by atoms with E-state index in [0.29, 0.717) is 4.57 Å². The average Bonchev–Trinajstić information content (AvgIpc) is 2.95. The van der Waals surface area contributed by atoms with E-state index in [4.69, 9.17) is 9.84 Å². The lowest BCUT2D eigenvalue weighted by molar-refractivity contribution is -0.387. The summed E-state index contributed by atoms with van der Waals surface area (Å²) in [6, 6.07) is 0. The molecular formula is C10H12N4O7. The van der Waals surface area contributed by atoms with Gasteiger partial charge in [-0.3, -0.25) is 9.36 Å². The molecule has 0 bridgehead atoms. The summed E-state index contributed by atoms with van der Waals surface area (Å²) in [6.45, 7) is -0.771. The minimum atomic E-state index is -3.15. The molecule has 0 spiro atoms. The minimum Gasteiger partial charge on any atom is -0.394 e. The zero-order chi connectivity index (χ0) is 15.4. The number of aliphatic hydroxyl groups is 5. The van der Waals surface area contributed by atoms with Crippen molar-refractivity contribution in [1.82, 2.24) is 19.5 Å². The molecule has 1 aliphatic heterocycles. The molecular weight excluding hydrogens is 288 g/mol. The second kappa shape index (κ2) is 4.30. The van der Waals surface area contributed by atoms with Crippen LogP contribution in [0.2, 0.25) is 0 Å². The van der Waals surface area contributed by atoms with Gasteiger partial charge in [0.1, 0.15) is 18.5 Å². The molecule has 0 aromatic carbocycles. The molecule has 2 aromatic heterocycles. The highest BCUT2D eigenvalue weighted by molar-refractivity contribution is 5.69. The zero-order valence-corrected chi connectivity index (χ0v) is 10.4. The average molecular weight is 300 g/mol. The van der Waals surface area contributed by atoms with E-state index in [2.05, 4.69) is 15.0 Å². The number of hydrogen-bond donors (Lipinski definition) is 6. The SMILES string of the molecule is O=c1[nH]cnc2c1ncn2[C@]1(O)O[C@H](CO)[C@@H](O)C1(O)O. The molecule has 0 amide bonds. The maximum Gasteiger partial charge on any atom is 0.315 e. The molecule has 0 aliphatic carbocycles. The predicted molar refractivity (Wildman–Crippen MR) is 63.5 cm³/mol. The number of H-pyrrole nitrogens is 1. The van der Waals surface area contributed by atoms with E-state index in [1.54, 1.807) is 0 Å². The summed E-state index contributed by atoms with van der Waals surface area (Å²) in [5.41, 5.74) is -0.979. The quantitative estimate of drug-likeness (QED) is 0.303. The van der Waals surface area contributed by atoms with Gasteiger partial charge in [-0.2, -0.15) is 0 Å². The van der Waals surface area contributed by atoms with Gasteiger partial charge in [-0.1, -0.05) is 0 Å². The van der Waals surface area contributed by atoms with E-state index >= 15 is 0 Å². The van der Waals surface area contributed by atoms with Crippen LogP contribution in [0.5, 0.6) is 0 Å². The standard InChI is InChI=1S/C10H12N4O7/c15-1-4-6(16)9(18,19)10(20,21-4)14-3-13-5-7(14)11-2-12-8(5)17/h2-4,6,15-16,18-20H,1H2,(H,11,12,17)/t4-,6-,10-/m1/s1. The van der Waals surface area contributed by atoms with Crippen molar-refractivity contribution in [2.75, 3.05) is 6.61 Å². The largest absolute Gasteiger partial charge is 0.394 e. The van der Waals surface area contributed by atoms with Crippen molar-refractivity contribution >= 4 is 11.2 Å². The first-order valence-corrected chi connectivity index (χ1v) is 5.88. The van der Waals surface area contributed by atoms with E-state index in [9.17, 15) is 25.2 Å². The predicted octanol–water partition coefficient (Wildman–Crippen LogP) is -3.84. The highest BCUT2D eigenvalue weighted by atomic mass is 16.7. The van der Waals surface area contributed by atoms with Crippen LogP contribution in [0.25, 0.3) is 11.2 Å². The Bertz CT molecular complexity index is 740. The number of imidazole rings is 1. The van der Waals surface area contributed by atoms with Gasteiger partial charge in [0.05, 0.1) is 12.9 Å². The molecule has 21 heavy (non-hydrogen) atoms. The molecule has 11 heteroatoms. The van der Waals surface area contributed by atoms with Crippen LogP contribution in [0.3, 0.4) is 0 Å². The normalized spacial score (nSPS) is 31.9. The fourth-order valence-electron chi connectivity index (χ4n) is 2.25. The van der Waals surface area contributed by atoms with Gasteiger partial charge in [0, 0.05) is 0 Å². The van der Waals surface area contributed by atoms with Gasteiger partial charge < -0.3 is 35.3 Å². The summed E-state index contributed by atoms with van der Waals surface area (Å²) in [6.07, 6.45) is -1.52. The van der Waals surface area contributed by atoms with Crippen LogP contribution in [0.1, 0.15) is 0 Å². The number of fused-ring (bicyclic) bond motifs is 1. The second-order valence-electron chi connectivity index (χ2n) is 4.64. The Morgan fingerprint density at radius 3 is 2.71 bits per heavy atom. The van der Waals surface area contributed by atoms with Crippen molar-refractivity contribution in [2.24, 2.45) is 0 Å². The molecule has 3 atom stereocenters. The van der Waals surface area contributed by atoms with E-state index in [0.717, 1.165) is 12.7 Å². The first kappa shape index (κ1) is 14.1. The van der Waals surface area contributed by atoms with Crippen LogP contribution >= 0.6 is 0 Å². The maximum atomic E-state index is 11.5. The Hall–Kier alpha value is -1.89. The number of rotatable bonds is 2. The van der Waals surface area contributed by atoms with Gasteiger partial charge in [0.15, 0.2) is 11.2 Å². The van der Waals surface area contributed by atoms with Gasteiger partial charge in [0.25, 0.3) is 11.3 Å². The summed E-state index contributed by atoms with van der Waals surface area (Å²) in [4.78, 5) is 21.3. The molecule has 6 N–H and O–H groups in total. The summed E-state index contributed by atoms with van der Waals surface area (Å²) >= 11 is 0. The summed E-state index contributed by atoms with van der Waals surface area (Å²) in [7, 11) is 0. The van der Waals surface area contributed by atoms with Crippen molar-refractivity contribution in [3.05, 3.63) is 23.0 Å². The van der Waals surface area contributed by atoms with Crippen molar-refractivity contribution in [1.29, 1.82) is 0 Å². The lowest BCUT2D eigenvalue weighted by atomic mass is 10.1. The van der Waals surface area contributed by atoms with E-state index in [1.165, 1.54) is 0 Å². The maximum absolute atomic E-state index is 11.5. The molecule has 1 aliphatic rings. The molecule has 0 unspecified atom stereocenters.